The monoisotopic (exact) mass is 283 g/mol. The molecule has 0 aromatic heterocycles. The third kappa shape index (κ3) is 5.70. The van der Waals surface area contributed by atoms with Crippen molar-refractivity contribution < 1.29 is 22.7 Å². The summed E-state index contributed by atoms with van der Waals surface area (Å²) < 4.78 is 41.8. The lowest BCUT2D eigenvalue weighted by Gasteiger charge is -2.34. The maximum atomic E-state index is 12.4. The zero-order valence-electron chi connectivity index (χ0n) is 12.3. The van der Waals surface area contributed by atoms with Crippen LogP contribution in [0.2, 0.25) is 0 Å². The minimum atomic E-state index is -4.52. The Morgan fingerprint density at radius 3 is 2.05 bits per heavy atom. The van der Waals surface area contributed by atoms with Crippen molar-refractivity contribution in [2.75, 3.05) is 0 Å². The van der Waals surface area contributed by atoms with Gasteiger partial charge >= 0.3 is 12.3 Å². The molecule has 0 aliphatic rings. The van der Waals surface area contributed by atoms with Crippen LogP contribution in [0.1, 0.15) is 53.9 Å². The summed E-state index contributed by atoms with van der Waals surface area (Å²) in [5.74, 6) is 0. The molecule has 114 valence electrons. The fourth-order valence-electron chi connectivity index (χ4n) is 1.93. The molecule has 0 aromatic carbocycles. The van der Waals surface area contributed by atoms with Gasteiger partial charge in [-0.05, 0) is 33.6 Å². The van der Waals surface area contributed by atoms with Crippen LogP contribution < -0.4 is 0 Å². The number of carbonyl (C=O) groups is 1. The van der Waals surface area contributed by atoms with E-state index in [1.165, 1.54) is 4.90 Å². The van der Waals surface area contributed by atoms with Crippen molar-refractivity contribution in [3.63, 3.8) is 0 Å². The molecule has 1 amide bonds. The highest BCUT2D eigenvalue weighted by molar-refractivity contribution is 5.68. The summed E-state index contributed by atoms with van der Waals surface area (Å²) in [7, 11) is 0. The summed E-state index contributed by atoms with van der Waals surface area (Å²) in [5.41, 5.74) is 0. The number of rotatable bonds is 6. The van der Waals surface area contributed by atoms with Crippen molar-refractivity contribution in [1.82, 2.24) is 4.90 Å². The van der Waals surface area contributed by atoms with Gasteiger partial charge in [0.2, 0.25) is 0 Å². The van der Waals surface area contributed by atoms with E-state index in [4.69, 9.17) is 0 Å². The van der Waals surface area contributed by atoms with Crippen molar-refractivity contribution in [2.45, 2.75) is 78.2 Å². The zero-order chi connectivity index (χ0) is 15.2. The normalized spacial score (nSPS) is 15.2. The molecule has 0 N–H and O–H groups in total. The van der Waals surface area contributed by atoms with Crippen LogP contribution >= 0.6 is 0 Å². The minimum Gasteiger partial charge on any atom is -0.437 e. The Balaban J connectivity index is 4.84. The first-order chi connectivity index (χ1) is 8.65. The second kappa shape index (κ2) is 7.60. The Kier molecular flexibility index (Phi) is 7.23. The molecule has 0 saturated heterocycles. The molecule has 19 heavy (non-hydrogen) atoms. The molecule has 0 saturated carbocycles. The molecular formula is C13H24F3NO2. The maximum absolute atomic E-state index is 12.4. The molecule has 2 atom stereocenters. The molecule has 3 nitrogen and oxygen atoms in total. The Morgan fingerprint density at radius 1 is 1.21 bits per heavy atom. The first-order valence-electron chi connectivity index (χ1n) is 6.70. The number of nitrogens with zero attached hydrogens (tertiary/aromatic N) is 1. The number of halogens is 3. The van der Waals surface area contributed by atoms with Crippen molar-refractivity contribution in [3.05, 3.63) is 0 Å². The van der Waals surface area contributed by atoms with Gasteiger partial charge in [-0.1, -0.05) is 20.3 Å². The van der Waals surface area contributed by atoms with E-state index >= 15 is 0 Å². The van der Waals surface area contributed by atoms with Gasteiger partial charge < -0.3 is 9.64 Å². The van der Waals surface area contributed by atoms with Crippen LogP contribution in [0.4, 0.5) is 18.0 Å². The molecule has 6 heteroatoms. The first-order valence-corrected chi connectivity index (χ1v) is 6.70. The van der Waals surface area contributed by atoms with E-state index in [9.17, 15) is 18.0 Å². The van der Waals surface area contributed by atoms with E-state index in [1.54, 1.807) is 13.8 Å². The van der Waals surface area contributed by atoms with E-state index < -0.39 is 18.4 Å². The van der Waals surface area contributed by atoms with E-state index in [2.05, 4.69) is 4.74 Å². The number of alkyl halides is 3. The van der Waals surface area contributed by atoms with Gasteiger partial charge in [-0.15, -0.1) is 0 Å². The van der Waals surface area contributed by atoms with Gasteiger partial charge in [0, 0.05) is 12.1 Å². The van der Waals surface area contributed by atoms with Crippen LogP contribution in [0.3, 0.4) is 0 Å². The number of hydrogen-bond acceptors (Lipinski definition) is 2. The Bertz CT molecular complexity index is 280. The van der Waals surface area contributed by atoms with Gasteiger partial charge in [-0.3, -0.25) is 0 Å². The van der Waals surface area contributed by atoms with Crippen molar-refractivity contribution in [3.8, 4) is 0 Å². The molecule has 0 fully saturated rings. The quantitative estimate of drug-likeness (QED) is 0.724. The molecule has 0 spiro atoms. The third-order valence-corrected chi connectivity index (χ3v) is 2.99. The van der Waals surface area contributed by atoms with E-state index in [1.807, 2.05) is 13.8 Å². The van der Waals surface area contributed by atoms with Gasteiger partial charge in [-0.2, -0.15) is 13.2 Å². The number of carbonyl (C=O) groups excluding carboxylic acids is 1. The Hall–Kier alpha value is -0.940. The summed E-state index contributed by atoms with van der Waals surface area (Å²) in [6, 6.07) is -0.276. The van der Waals surface area contributed by atoms with Crippen LogP contribution in [0.25, 0.3) is 0 Å². The highest BCUT2D eigenvalue weighted by Gasteiger charge is 2.40. The highest BCUT2D eigenvalue weighted by Crippen LogP contribution is 2.24. The van der Waals surface area contributed by atoms with Crippen molar-refractivity contribution in [2.24, 2.45) is 0 Å². The summed E-state index contributed by atoms with van der Waals surface area (Å²) in [4.78, 5) is 13.3. The van der Waals surface area contributed by atoms with Gasteiger partial charge in [0.25, 0.3) is 0 Å². The predicted molar refractivity (Wildman–Crippen MR) is 68.0 cm³/mol. The van der Waals surface area contributed by atoms with Crippen LogP contribution in [0.15, 0.2) is 0 Å². The lowest BCUT2D eigenvalue weighted by Crippen LogP contribution is -2.47. The zero-order valence-corrected chi connectivity index (χ0v) is 12.3. The van der Waals surface area contributed by atoms with Crippen molar-refractivity contribution in [1.29, 1.82) is 0 Å². The van der Waals surface area contributed by atoms with Crippen LogP contribution in [0, 0.1) is 0 Å². The Morgan fingerprint density at radius 2 is 1.74 bits per heavy atom. The first kappa shape index (κ1) is 18.1. The number of amides is 1. The van der Waals surface area contributed by atoms with Crippen LogP contribution in [-0.2, 0) is 4.74 Å². The lowest BCUT2D eigenvalue weighted by atomic mass is 10.1. The minimum absolute atomic E-state index is 0.0852. The lowest BCUT2D eigenvalue weighted by molar-refractivity contribution is -0.200. The molecule has 0 aliphatic carbocycles. The average Bonchev–Trinajstić information content (AvgIpc) is 2.26. The van der Waals surface area contributed by atoms with Gasteiger partial charge in [0.15, 0.2) is 6.10 Å². The third-order valence-electron chi connectivity index (χ3n) is 2.99. The predicted octanol–water partition coefficient (Wildman–Crippen LogP) is 4.36. The van der Waals surface area contributed by atoms with Gasteiger partial charge in [-0.25, -0.2) is 4.79 Å². The standard InChI is InChI=1S/C13H24F3NO2/c1-6-8-11(7-2)17(9(3)4)12(18)19-10(5)13(14,15)16/h9-11H,6-8H2,1-5H3/t10?,11-/m1/s1. The average molecular weight is 283 g/mol. The van der Waals surface area contributed by atoms with Crippen LogP contribution in [-0.4, -0.2) is 35.4 Å². The molecule has 0 bridgehead atoms. The molecule has 0 heterocycles. The molecule has 0 aliphatic heterocycles. The summed E-state index contributed by atoms with van der Waals surface area (Å²) in [6.45, 7) is 8.29. The van der Waals surface area contributed by atoms with Crippen molar-refractivity contribution >= 4 is 6.09 Å². The van der Waals surface area contributed by atoms with Gasteiger partial charge in [0.1, 0.15) is 0 Å². The highest BCUT2D eigenvalue weighted by atomic mass is 19.4. The molecular weight excluding hydrogens is 259 g/mol. The fraction of sp³-hybridized carbons (Fsp3) is 0.923. The summed E-state index contributed by atoms with van der Waals surface area (Å²) in [6.07, 6.45) is -5.18. The van der Waals surface area contributed by atoms with Gasteiger partial charge in [0.05, 0.1) is 0 Å². The van der Waals surface area contributed by atoms with E-state index in [0.29, 0.717) is 6.42 Å². The molecule has 0 rings (SSSR count). The Labute approximate surface area is 113 Å². The molecule has 0 aromatic rings. The second-order valence-electron chi connectivity index (χ2n) is 4.92. The second-order valence-corrected chi connectivity index (χ2v) is 4.92. The van der Waals surface area contributed by atoms with E-state index in [0.717, 1.165) is 19.8 Å². The number of hydrogen-bond donors (Lipinski definition) is 0. The molecule has 0 radical (unpaired) electrons. The largest absolute Gasteiger partial charge is 0.437 e. The van der Waals surface area contributed by atoms with E-state index in [-0.39, 0.29) is 12.1 Å². The summed E-state index contributed by atoms with van der Waals surface area (Å²) >= 11 is 0. The topological polar surface area (TPSA) is 29.5 Å². The number of ether oxygens (including phenoxy) is 1. The summed E-state index contributed by atoms with van der Waals surface area (Å²) in [5, 5.41) is 0. The fourth-order valence-corrected chi connectivity index (χ4v) is 1.93. The van der Waals surface area contributed by atoms with Crippen LogP contribution in [0.5, 0.6) is 0 Å². The molecule has 1 unspecified atom stereocenters. The smallest absolute Gasteiger partial charge is 0.425 e. The maximum Gasteiger partial charge on any atom is 0.425 e. The SMILES string of the molecule is CCC[C@@H](CC)N(C(=O)OC(C)C(F)(F)F)C(C)C.